The van der Waals surface area contributed by atoms with E-state index in [-0.39, 0.29) is 5.75 Å². The average molecular weight is 93.1 g/mol. The maximum absolute atomic E-state index is 11.3. The minimum Gasteiger partial charge on any atom is -0.247 e. The van der Waals surface area contributed by atoms with Crippen molar-refractivity contribution in [3.63, 3.8) is 0 Å². The number of hydrogen-bond donors (Lipinski definition) is 0. The fourth-order valence-electron chi connectivity index (χ4n) is 0. The van der Waals surface area contributed by atoms with E-state index >= 15 is 0 Å². The van der Waals surface area contributed by atoms with Gasteiger partial charge in [-0.2, -0.15) is 0 Å². The van der Waals surface area contributed by atoms with Crippen molar-refractivity contribution in [2.75, 3.05) is 5.75 Å². The van der Waals surface area contributed by atoms with E-state index in [0.717, 1.165) is 0 Å². The van der Waals surface area contributed by atoms with E-state index in [1.807, 2.05) is 0 Å². The molecule has 0 heterocycles. The van der Waals surface area contributed by atoms with E-state index < -0.39 is 6.17 Å². The molecule has 0 aromatic carbocycles. The van der Waals surface area contributed by atoms with Crippen molar-refractivity contribution in [3.05, 3.63) is 0 Å². The lowest BCUT2D eigenvalue weighted by atomic mass is 10.5. The lowest BCUT2D eigenvalue weighted by Gasteiger charge is -1.84. The monoisotopic (exact) mass is 93.0 g/mol. The first-order chi connectivity index (χ1) is 2.27. The summed E-state index contributed by atoms with van der Waals surface area (Å²) < 4.78 is 11.3. The van der Waals surface area contributed by atoms with Crippen molar-refractivity contribution >= 4 is 12.6 Å². The smallest absolute Gasteiger partial charge is 0.107 e. The summed E-state index contributed by atoms with van der Waals surface area (Å²) in [7, 11) is 0. The Morgan fingerprint density at radius 2 is 2.20 bits per heavy atom. The van der Waals surface area contributed by atoms with Gasteiger partial charge in [0.25, 0.3) is 0 Å². The zero-order chi connectivity index (χ0) is 4.28. The summed E-state index contributed by atoms with van der Waals surface area (Å²) in [6, 6.07) is 0. The Morgan fingerprint density at radius 1 is 2.00 bits per heavy atom. The van der Waals surface area contributed by atoms with Gasteiger partial charge < -0.3 is 0 Å². The molecule has 0 amide bonds. The first-order valence-corrected chi connectivity index (χ1v) is 2.07. The van der Waals surface area contributed by atoms with E-state index in [2.05, 4.69) is 12.6 Å². The zero-order valence-electron chi connectivity index (χ0n) is 3.07. The molecule has 0 fully saturated rings. The molecular weight excluding hydrogens is 87.1 g/mol. The van der Waals surface area contributed by atoms with Crippen LogP contribution in [0.2, 0.25) is 0 Å². The molecule has 0 spiro atoms. The molecule has 5 heavy (non-hydrogen) atoms. The Labute approximate surface area is 36.8 Å². The summed E-state index contributed by atoms with van der Waals surface area (Å²) >= 11 is 4.30. The van der Waals surface area contributed by atoms with Crippen molar-refractivity contribution in [3.8, 4) is 0 Å². The second-order valence-electron chi connectivity index (χ2n) is 0.947. The van der Waals surface area contributed by atoms with E-state index in [1.54, 1.807) is 0 Å². The van der Waals surface area contributed by atoms with E-state index in [4.69, 9.17) is 0 Å². The Kier molecular flexibility index (Phi) is 2.65. The van der Waals surface area contributed by atoms with Crippen molar-refractivity contribution in [2.45, 2.75) is 13.1 Å². The summed E-state index contributed by atoms with van der Waals surface area (Å²) in [4.78, 5) is 0. The molecule has 0 aliphatic heterocycles. The molecule has 1 atom stereocenters. The Balaban J connectivity index is 2.54. The molecule has 2 heteroatoms. The summed E-state index contributed by atoms with van der Waals surface area (Å²) in [6.07, 6.45) is -0.801. The van der Waals surface area contributed by atoms with E-state index in [1.165, 1.54) is 6.92 Å². The third-order valence-corrected chi connectivity index (χ3v) is 0.689. The third kappa shape index (κ3) is 4.28. The minimum atomic E-state index is -0.801. The van der Waals surface area contributed by atoms with Crippen LogP contribution in [0.15, 0.2) is 0 Å². The Morgan fingerprint density at radius 3 is 2.20 bits per heavy atom. The summed E-state index contributed by atoms with van der Waals surface area (Å²) in [5.41, 5.74) is 0. The van der Waals surface area contributed by atoms with Crippen LogP contribution in [0.1, 0.15) is 6.92 Å². The topological polar surface area (TPSA) is 0 Å². The van der Waals surface area contributed by atoms with Gasteiger partial charge in [-0.3, -0.25) is 0 Å². The normalized spacial score (nSPS) is 15.0. The standard InChI is InChI=1S/C3H6FS/c1-3(4)2-5/h3H,2H2,1H3. The van der Waals surface area contributed by atoms with Crippen molar-refractivity contribution < 1.29 is 4.39 Å². The van der Waals surface area contributed by atoms with E-state index in [9.17, 15) is 4.39 Å². The van der Waals surface area contributed by atoms with Crippen LogP contribution >= 0.6 is 12.6 Å². The van der Waals surface area contributed by atoms with Crippen molar-refractivity contribution in [2.24, 2.45) is 0 Å². The molecule has 0 aliphatic carbocycles. The molecule has 0 aromatic rings. The fourth-order valence-corrected chi connectivity index (χ4v) is 0. The highest BCUT2D eigenvalue weighted by molar-refractivity contribution is 7.80. The predicted molar refractivity (Wildman–Crippen MR) is 23.0 cm³/mol. The lowest BCUT2D eigenvalue weighted by Crippen LogP contribution is -1.90. The lowest BCUT2D eigenvalue weighted by molar-refractivity contribution is 0.398. The largest absolute Gasteiger partial charge is 0.247 e. The molecule has 0 nitrogen and oxygen atoms in total. The quantitative estimate of drug-likeness (QED) is 0.461. The molecule has 1 unspecified atom stereocenters. The molecule has 0 rings (SSSR count). The average Bonchev–Trinajstić information content (AvgIpc) is 1.38. The third-order valence-electron chi connectivity index (χ3n) is 0.230. The molecule has 0 aliphatic rings. The SMILES string of the molecule is CC(F)C[S]. The van der Waals surface area contributed by atoms with Gasteiger partial charge >= 0.3 is 0 Å². The molecule has 0 saturated heterocycles. The van der Waals surface area contributed by atoms with Gasteiger partial charge in [-0.15, -0.1) is 0 Å². The van der Waals surface area contributed by atoms with Crippen molar-refractivity contribution in [1.82, 2.24) is 0 Å². The highest BCUT2D eigenvalue weighted by atomic mass is 32.1. The second-order valence-corrected chi connectivity index (χ2v) is 1.28. The zero-order valence-corrected chi connectivity index (χ0v) is 3.89. The highest BCUT2D eigenvalue weighted by Gasteiger charge is 1.87. The summed E-state index contributed by atoms with van der Waals surface area (Å²) in [6.45, 7) is 1.45. The Hall–Kier alpha value is 0.280. The minimum absolute atomic E-state index is 0.222. The fraction of sp³-hybridized carbons (Fsp3) is 1.00. The van der Waals surface area contributed by atoms with Crippen LogP contribution in [0, 0.1) is 0 Å². The summed E-state index contributed by atoms with van der Waals surface area (Å²) in [5.74, 6) is 0.222. The van der Waals surface area contributed by atoms with Crippen molar-refractivity contribution in [1.29, 1.82) is 0 Å². The van der Waals surface area contributed by atoms with Crippen LogP contribution in [0.25, 0.3) is 0 Å². The first kappa shape index (κ1) is 5.28. The van der Waals surface area contributed by atoms with Crippen LogP contribution < -0.4 is 0 Å². The first-order valence-electron chi connectivity index (χ1n) is 1.49. The van der Waals surface area contributed by atoms with Gasteiger partial charge in [-0.1, -0.05) is 12.6 Å². The number of rotatable bonds is 1. The van der Waals surface area contributed by atoms with Crippen LogP contribution in [0.3, 0.4) is 0 Å². The van der Waals surface area contributed by atoms with Crippen LogP contribution in [0.5, 0.6) is 0 Å². The van der Waals surface area contributed by atoms with Gasteiger partial charge in [0.15, 0.2) is 0 Å². The maximum Gasteiger partial charge on any atom is 0.107 e. The van der Waals surface area contributed by atoms with E-state index in [0.29, 0.717) is 0 Å². The molecule has 0 aromatic heterocycles. The van der Waals surface area contributed by atoms with Gasteiger partial charge in [-0.05, 0) is 6.92 Å². The maximum atomic E-state index is 11.3. The van der Waals surface area contributed by atoms with Gasteiger partial charge in [0.05, 0.1) is 0 Å². The van der Waals surface area contributed by atoms with Crippen LogP contribution in [-0.2, 0) is 0 Å². The van der Waals surface area contributed by atoms with Crippen LogP contribution in [-0.4, -0.2) is 11.9 Å². The molecule has 1 radical (unpaired) electrons. The van der Waals surface area contributed by atoms with Gasteiger partial charge in [0, 0.05) is 5.75 Å². The summed E-state index contributed by atoms with van der Waals surface area (Å²) in [5, 5.41) is 0. The predicted octanol–water partition coefficient (Wildman–Crippen LogP) is 1.54. The van der Waals surface area contributed by atoms with Gasteiger partial charge in [-0.25, -0.2) is 4.39 Å². The molecule has 0 N–H and O–H groups in total. The number of alkyl halides is 1. The van der Waals surface area contributed by atoms with Gasteiger partial charge in [0.1, 0.15) is 6.17 Å². The second kappa shape index (κ2) is 2.51. The Bertz CT molecular complexity index is 20.9. The number of hydrogen-bond acceptors (Lipinski definition) is 0. The number of halogens is 1. The highest BCUT2D eigenvalue weighted by Crippen LogP contribution is 1.87. The molecular formula is C3H6FS. The van der Waals surface area contributed by atoms with Gasteiger partial charge in [0.2, 0.25) is 0 Å². The molecule has 31 valence electrons. The molecule has 0 saturated carbocycles. The van der Waals surface area contributed by atoms with Crippen LogP contribution in [0.4, 0.5) is 4.39 Å². The molecule has 0 bridgehead atoms.